The number of hydrogen-bond acceptors (Lipinski definition) is 7. The maximum absolute atomic E-state index is 12.4. The van der Waals surface area contributed by atoms with Crippen molar-refractivity contribution in [3.05, 3.63) is 71.0 Å². The highest BCUT2D eigenvalue weighted by atomic mass is 32.1. The van der Waals surface area contributed by atoms with Crippen molar-refractivity contribution in [2.45, 2.75) is 25.4 Å². The van der Waals surface area contributed by atoms with Gasteiger partial charge in [0.1, 0.15) is 0 Å². The number of nitrogens with two attached hydrogens (primary N) is 1. The Morgan fingerprint density at radius 1 is 1.28 bits per heavy atom. The zero-order valence-electron chi connectivity index (χ0n) is 16.2. The van der Waals surface area contributed by atoms with Gasteiger partial charge in [-0.05, 0) is 43.7 Å². The van der Waals surface area contributed by atoms with E-state index in [4.69, 9.17) is 5.73 Å². The van der Waals surface area contributed by atoms with E-state index in [1.165, 1.54) is 11.3 Å². The van der Waals surface area contributed by atoms with Crippen molar-refractivity contribution in [3.63, 3.8) is 0 Å². The van der Waals surface area contributed by atoms with E-state index in [0.29, 0.717) is 17.4 Å². The number of carbonyl (C=O) groups excluding carboxylic acids is 1. The van der Waals surface area contributed by atoms with Gasteiger partial charge in [-0.1, -0.05) is 18.2 Å². The lowest BCUT2D eigenvalue weighted by atomic mass is 10.1. The van der Waals surface area contributed by atoms with Crippen LogP contribution in [-0.4, -0.2) is 34.1 Å². The molecule has 0 saturated heterocycles. The molecule has 152 valence electrons. The molecule has 8 heteroatoms. The number of benzene rings is 1. The maximum Gasteiger partial charge on any atom is 0.233 e. The molecule has 3 rings (SSSR count). The van der Waals surface area contributed by atoms with Crippen LogP contribution in [0.25, 0.3) is 0 Å². The summed E-state index contributed by atoms with van der Waals surface area (Å²) in [6.45, 7) is 3.02. The summed E-state index contributed by atoms with van der Waals surface area (Å²) in [5.41, 5.74) is 9.01. The third-order valence-corrected chi connectivity index (χ3v) is 5.29. The number of thiazole rings is 1. The summed E-state index contributed by atoms with van der Waals surface area (Å²) in [5.74, 6) is -0.479. The van der Waals surface area contributed by atoms with E-state index in [9.17, 15) is 9.90 Å². The Labute approximate surface area is 174 Å². The van der Waals surface area contributed by atoms with E-state index < -0.39 is 6.10 Å². The van der Waals surface area contributed by atoms with Crippen LogP contribution in [0.5, 0.6) is 0 Å². The first-order valence-corrected chi connectivity index (χ1v) is 10.3. The summed E-state index contributed by atoms with van der Waals surface area (Å²) in [4.78, 5) is 20.6. The molecular formula is C21H25N5O2S. The Kier molecular flexibility index (Phi) is 7.29. The summed E-state index contributed by atoms with van der Waals surface area (Å²) in [5, 5.41) is 18.5. The zero-order valence-corrected chi connectivity index (χ0v) is 17.0. The van der Waals surface area contributed by atoms with Crippen LogP contribution in [0.15, 0.2) is 54.2 Å². The molecule has 0 fully saturated rings. The molecule has 2 aromatic heterocycles. The molecule has 1 amide bonds. The van der Waals surface area contributed by atoms with Crippen molar-refractivity contribution in [3.8, 4) is 0 Å². The van der Waals surface area contributed by atoms with Gasteiger partial charge in [-0.15, -0.1) is 11.3 Å². The second-order valence-corrected chi connectivity index (χ2v) is 7.66. The number of nitrogen functional groups attached to an aromatic ring is 1. The average Bonchev–Trinajstić information content (AvgIpc) is 3.18. The third kappa shape index (κ3) is 6.08. The molecule has 0 radical (unpaired) electrons. The molecule has 5 N–H and O–H groups in total. The molecule has 2 atom stereocenters. The fourth-order valence-corrected chi connectivity index (χ4v) is 3.46. The molecule has 2 heterocycles. The highest BCUT2D eigenvalue weighted by Crippen LogP contribution is 2.21. The number of nitrogens with zero attached hydrogens (tertiary/aromatic N) is 2. The van der Waals surface area contributed by atoms with Crippen molar-refractivity contribution in [1.82, 2.24) is 15.3 Å². The van der Waals surface area contributed by atoms with Gasteiger partial charge in [0.25, 0.3) is 0 Å². The lowest BCUT2D eigenvalue weighted by molar-refractivity contribution is -0.117. The predicted octanol–water partition coefficient (Wildman–Crippen LogP) is 2.73. The number of aliphatic hydroxyl groups excluding tert-OH is 1. The first-order chi connectivity index (χ1) is 14.0. The molecule has 0 aliphatic heterocycles. The van der Waals surface area contributed by atoms with Crippen LogP contribution in [0.1, 0.15) is 35.8 Å². The smallest absolute Gasteiger partial charge is 0.233 e. The number of aromatic nitrogens is 2. The van der Waals surface area contributed by atoms with Gasteiger partial charge in [0.05, 0.1) is 17.7 Å². The number of hydrogen-bond donors (Lipinski definition) is 4. The van der Waals surface area contributed by atoms with Crippen LogP contribution in [0.3, 0.4) is 0 Å². The highest BCUT2D eigenvalue weighted by Gasteiger charge is 2.18. The van der Waals surface area contributed by atoms with Crippen LogP contribution >= 0.6 is 11.3 Å². The Bertz CT molecular complexity index is 914. The Morgan fingerprint density at radius 2 is 2.07 bits per heavy atom. The van der Waals surface area contributed by atoms with Gasteiger partial charge in [0, 0.05) is 35.6 Å². The fraction of sp³-hybridized carbons (Fsp3) is 0.286. The summed E-state index contributed by atoms with van der Waals surface area (Å²) in [6.07, 6.45) is 3.61. The monoisotopic (exact) mass is 411 g/mol. The van der Waals surface area contributed by atoms with Crippen molar-refractivity contribution in [2.24, 2.45) is 0 Å². The number of pyridine rings is 1. The molecule has 0 bridgehead atoms. The number of carbonyl (C=O) groups is 1. The Hall–Kier alpha value is -2.81. The van der Waals surface area contributed by atoms with Crippen LogP contribution in [-0.2, 0) is 11.2 Å². The summed E-state index contributed by atoms with van der Waals surface area (Å²) < 4.78 is 0. The largest absolute Gasteiger partial charge is 0.387 e. The van der Waals surface area contributed by atoms with Gasteiger partial charge in [0.2, 0.25) is 5.91 Å². The quantitative estimate of drug-likeness (QED) is 0.403. The predicted molar refractivity (Wildman–Crippen MR) is 116 cm³/mol. The van der Waals surface area contributed by atoms with Crippen LogP contribution in [0, 0.1) is 0 Å². The maximum atomic E-state index is 12.4. The van der Waals surface area contributed by atoms with E-state index >= 15 is 0 Å². The van der Waals surface area contributed by atoms with E-state index in [1.807, 2.05) is 43.3 Å². The third-order valence-electron chi connectivity index (χ3n) is 4.60. The molecule has 0 aliphatic rings. The molecule has 0 spiro atoms. The summed E-state index contributed by atoms with van der Waals surface area (Å²) >= 11 is 1.33. The fourth-order valence-electron chi connectivity index (χ4n) is 2.80. The highest BCUT2D eigenvalue weighted by molar-refractivity contribution is 7.13. The first kappa shape index (κ1) is 20.9. The van der Waals surface area contributed by atoms with Crippen molar-refractivity contribution >= 4 is 28.1 Å². The average molecular weight is 412 g/mol. The number of anilines is 2. The van der Waals surface area contributed by atoms with Gasteiger partial charge < -0.3 is 21.5 Å². The van der Waals surface area contributed by atoms with Crippen LogP contribution in [0.4, 0.5) is 10.8 Å². The minimum atomic E-state index is -0.573. The Balaban J connectivity index is 1.42. The number of rotatable bonds is 9. The minimum absolute atomic E-state index is 0.117. The summed E-state index contributed by atoms with van der Waals surface area (Å²) in [6, 6.07) is 11.4. The van der Waals surface area contributed by atoms with Crippen LogP contribution < -0.4 is 16.4 Å². The van der Waals surface area contributed by atoms with Crippen molar-refractivity contribution < 1.29 is 9.90 Å². The van der Waals surface area contributed by atoms with Gasteiger partial charge in [0.15, 0.2) is 5.13 Å². The standard InChI is InChI=1S/C21H25N5O2S/c1-14(18-13-29-21(22)26-18)20(28)25-17-6-4-15(5-7-17)8-10-24-12-19(27)16-3-2-9-23-11-16/h2-7,9,11,13-14,19,24,27H,8,10,12H2,1H3,(H2,22,26)(H,25,28)/t14?,19-/m0/s1. The number of aliphatic hydroxyl groups is 1. The van der Waals surface area contributed by atoms with Crippen LogP contribution in [0.2, 0.25) is 0 Å². The lowest BCUT2D eigenvalue weighted by Gasteiger charge is -2.12. The Morgan fingerprint density at radius 3 is 2.72 bits per heavy atom. The zero-order chi connectivity index (χ0) is 20.6. The number of nitrogens with one attached hydrogen (secondary N) is 2. The summed E-state index contributed by atoms with van der Waals surface area (Å²) in [7, 11) is 0. The van der Waals surface area contributed by atoms with Gasteiger partial charge in [-0.3, -0.25) is 9.78 Å². The molecule has 7 nitrogen and oxygen atoms in total. The van der Waals surface area contributed by atoms with Gasteiger partial charge in [-0.2, -0.15) is 0 Å². The number of amides is 1. The van der Waals surface area contributed by atoms with E-state index in [-0.39, 0.29) is 11.8 Å². The first-order valence-electron chi connectivity index (χ1n) is 9.42. The normalized spacial score (nSPS) is 13.0. The van der Waals surface area contributed by atoms with E-state index in [1.54, 1.807) is 17.8 Å². The molecule has 29 heavy (non-hydrogen) atoms. The lowest BCUT2D eigenvalue weighted by Crippen LogP contribution is -2.23. The topological polar surface area (TPSA) is 113 Å². The van der Waals surface area contributed by atoms with Gasteiger partial charge >= 0.3 is 0 Å². The molecule has 3 aromatic rings. The molecular weight excluding hydrogens is 386 g/mol. The van der Waals surface area contributed by atoms with E-state index in [0.717, 1.165) is 29.8 Å². The SMILES string of the molecule is CC(C(=O)Nc1ccc(CCNC[C@H](O)c2cccnc2)cc1)c1csc(N)n1. The molecule has 1 unspecified atom stereocenters. The minimum Gasteiger partial charge on any atom is -0.387 e. The second kappa shape index (κ2) is 10.1. The molecule has 0 aliphatic carbocycles. The van der Waals surface area contributed by atoms with Crippen molar-refractivity contribution in [1.29, 1.82) is 0 Å². The molecule has 1 aromatic carbocycles. The molecule has 0 saturated carbocycles. The van der Waals surface area contributed by atoms with E-state index in [2.05, 4.69) is 20.6 Å². The second-order valence-electron chi connectivity index (χ2n) is 6.77. The van der Waals surface area contributed by atoms with Gasteiger partial charge in [-0.25, -0.2) is 4.98 Å². The van der Waals surface area contributed by atoms with Crippen molar-refractivity contribution in [2.75, 3.05) is 24.1 Å².